The molecule has 0 amide bonds. The van der Waals surface area contributed by atoms with Gasteiger partial charge in [0.05, 0.1) is 5.69 Å². The molecule has 0 unspecified atom stereocenters. The normalized spacial score (nSPS) is 16.7. The Hall–Kier alpha value is -1.42. The number of rotatable bonds is 2. The Morgan fingerprint density at radius 3 is 2.64 bits per heavy atom. The molecule has 1 fully saturated rings. The smallest absolute Gasteiger partial charge is 0.108 e. The molecule has 74 valence electrons. The first-order valence-electron chi connectivity index (χ1n) is 4.84. The molecule has 0 bridgehead atoms. The van der Waals surface area contributed by atoms with E-state index < -0.39 is 0 Å². The van der Waals surface area contributed by atoms with Gasteiger partial charge in [-0.2, -0.15) is 5.11 Å². The van der Waals surface area contributed by atoms with Crippen LogP contribution in [0.4, 0.5) is 11.4 Å². The van der Waals surface area contributed by atoms with Gasteiger partial charge in [-0.05, 0) is 12.1 Å². The van der Waals surface area contributed by atoms with Crippen molar-refractivity contribution in [2.24, 2.45) is 5.11 Å². The summed E-state index contributed by atoms with van der Waals surface area (Å²) in [5, 5.41) is 6.84. The maximum absolute atomic E-state index is 7.09. The van der Waals surface area contributed by atoms with E-state index in [1.165, 1.54) is 0 Å². The van der Waals surface area contributed by atoms with Gasteiger partial charge in [-0.3, -0.25) is 0 Å². The van der Waals surface area contributed by atoms with Gasteiger partial charge in [-0.25, -0.2) is 5.53 Å². The van der Waals surface area contributed by atoms with Crippen LogP contribution in [-0.2, 0) is 0 Å². The van der Waals surface area contributed by atoms with Crippen molar-refractivity contribution in [1.29, 1.82) is 5.53 Å². The zero-order valence-corrected chi connectivity index (χ0v) is 8.03. The highest BCUT2D eigenvalue weighted by molar-refractivity contribution is 5.66. The molecule has 0 saturated carbocycles. The summed E-state index contributed by atoms with van der Waals surface area (Å²) >= 11 is 0. The Morgan fingerprint density at radius 1 is 1.21 bits per heavy atom. The van der Waals surface area contributed by atoms with Crippen molar-refractivity contribution in [3.05, 3.63) is 24.3 Å². The van der Waals surface area contributed by atoms with Crippen LogP contribution >= 0.6 is 0 Å². The second-order valence-corrected chi connectivity index (χ2v) is 3.34. The molecule has 1 heterocycles. The first kappa shape index (κ1) is 9.15. The molecule has 2 rings (SSSR count). The average molecular weight is 190 g/mol. The summed E-state index contributed by atoms with van der Waals surface area (Å²) in [6, 6.07) is 7.81. The minimum absolute atomic E-state index is 0.759. The van der Waals surface area contributed by atoms with Crippen LogP contribution in [0.3, 0.4) is 0 Å². The van der Waals surface area contributed by atoms with E-state index in [0.29, 0.717) is 0 Å². The van der Waals surface area contributed by atoms with Crippen LogP contribution in [0.25, 0.3) is 0 Å². The molecule has 0 atom stereocenters. The van der Waals surface area contributed by atoms with Crippen molar-refractivity contribution in [2.45, 2.75) is 0 Å². The van der Waals surface area contributed by atoms with Crippen LogP contribution in [-0.4, -0.2) is 26.2 Å². The largest absolute Gasteiger partial charge is 0.367 e. The standard InChI is InChI=1S/C10H14N4/c11-13-9-3-1-2-4-10(9)14-7-5-12-6-8-14/h1-4,11-12H,5-8H2. The van der Waals surface area contributed by atoms with Gasteiger partial charge in [-0.1, -0.05) is 12.1 Å². The van der Waals surface area contributed by atoms with Crippen molar-refractivity contribution in [3.8, 4) is 0 Å². The molecule has 14 heavy (non-hydrogen) atoms. The molecule has 1 aromatic rings. The van der Waals surface area contributed by atoms with E-state index in [1.54, 1.807) is 0 Å². The molecule has 4 nitrogen and oxygen atoms in total. The third-order valence-corrected chi connectivity index (χ3v) is 2.46. The number of piperazine rings is 1. The second kappa shape index (κ2) is 4.19. The van der Waals surface area contributed by atoms with Gasteiger partial charge < -0.3 is 10.2 Å². The van der Waals surface area contributed by atoms with Crippen molar-refractivity contribution < 1.29 is 0 Å². The highest BCUT2D eigenvalue weighted by Gasteiger charge is 2.12. The maximum atomic E-state index is 7.09. The lowest BCUT2D eigenvalue weighted by Crippen LogP contribution is -2.43. The molecule has 2 N–H and O–H groups in total. The van der Waals surface area contributed by atoms with Crippen LogP contribution in [0.2, 0.25) is 0 Å². The maximum Gasteiger partial charge on any atom is 0.108 e. The molecular formula is C10H14N4. The third-order valence-electron chi connectivity index (χ3n) is 2.46. The molecule has 0 aliphatic carbocycles. The second-order valence-electron chi connectivity index (χ2n) is 3.34. The summed E-state index contributed by atoms with van der Waals surface area (Å²) in [5.41, 5.74) is 8.92. The van der Waals surface area contributed by atoms with Crippen LogP contribution in [0, 0.1) is 5.53 Å². The zero-order valence-electron chi connectivity index (χ0n) is 8.03. The van der Waals surface area contributed by atoms with Crippen LogP contribution in [0.5, 0.6) is 0 Å². The predicted octanol–water partition coefficient (Wildman–Crippen LogP) is 1.76. The van der Waals surface area contributed by atoms with E-state index in [0.717, 1.165) is 37.6 Å². The van der Waals surface area contributed by atoms with Gasteiger partial charge in [0.1, 0.15) is 5.69 Å². The molecule has 1 saturated heterocycles. The van der Waals surface area contributed by atoms with Gasteiger partial charge in [0.15, 0.2) is 0 Å². The van der Waals surface area contributed by atoms with E-state index in [-0.39, 0.29) is 0 Å². The summed E-state index contributed by atoms with van der Waals surface area (Å²) in [6.45, 7) is 4.00. The number of para-hydroxylation sites is 2. The van der Waals surface area contributed by atoms with E-state index in [2.05, 4.69) is 15.3 Å². The van der Waals surface area contributed by atoms with E-state index in [4.69, 9.17) is 5.53 Å². The van der Waals surface area contributed by atoms with E-state index in [9.17, 15) is 0 Å². The lowest BCUT2D eigenvalue weighted by atomic mass is 10.2. The lowest BCUT2D eigenvalue weighted by molar-refractivity contribution is 0.589. The fourth-order valence-electron chi connectivity index (χ4n) is 1.73. The predicted molar refractivity (Wildman–Crippen MR) is 56.3 cm³/mol. The van der Waals surface area contributed by atoms with Crippen LogP contribution in [0.15, 0.2) is 29.4 Å². The fourth-order valence-corrected chi connectivity index (χ4v) is 1.73. The summed E-state index contributed by atoms with van der Waals surface area (Å²) in [5.74, 6) is 0. The molecule has 1 aliphatic heterocycles. The molecule has 1 aliphatic rings. The molecular weight excluding hydrogens is 176 g/mol. The molecule has 0 radical (unpaired) electrons. The first-order valence-corrected chi connectivity index (χ1v) is 4.84. The minimum Gasteiger partial charge on any atom is -0.367 e. The SMILES string of the molecule is N=Nc1ccccc1N1CCNCC1. The van der Waals surface area contributed by atoms with Gasteiger partial charge in [-0.15, -0.1) is 0 Å². The van der Waals surface area contributed by atoms with Crippen molar-refractivity contribution in [1.82, 2.24) is 5.32 Å². The Bertz CT molecular complexity index is 318. The highest BCUT2D eigenvalue weighted by atomic mass is 15.2. The average Bonchev–Trinajstić information content (AvgIpc) is 2.30. The summed E-state index contributed by atoms with van der Waals surface area (Å²) in [7, 11) is 0. The Labute approximate surface area is 83.4 Å². The third kappa shape index (κ3) is 1.75. The molecule has 4 heteroatoms. The minimum atomic E-state index is 0.759. The number of nitrogens with zero attached hydrogens (tertiary/aromatic N) is 2. The van der Waals surface area contributed by atoms with Gasteiger partial charge >= 0.3 is 0 Å². The van der Waals surface area contributed by atoms with Crippen LogP contribution in [0.1, 0.15) is 0 Å². The fraction of sp³-hybridized carbons (Fsp3) is 0.400. The number of nitrogens with one attached hydrogen (secondary N) is 2. The summed E-state index contributed by atoms with van der Waals surface area (Å²) in [4.78, 5) is 2.27. The number of hydrogen-bond acceptors (Lipinski definition) is 4. The highest BCUT2D eigenvalue weighted by Crippen LogP contribution is 2.27. The first-order chi connectivity index (χ1) is 6.92. The summed E-state index contributed by atoms with van der Waals surface area (Å²) in [6.07, 6.45) is 0. The van der Waals surface area contributed by atoms with Crippen molar-refractivity contribution >= 4 is 11.4 Å². The Kier molecular flexibility index (Phi) is 2.74. The monoisotopic (exact) mass is 190 g/mol. The van der Waals surface area contributed by atoms with Gasteiger partial charge in [0.2, 0.25) is 0 Å². The topological polar surface area (TPSA) is 51.5 Å². The van der Waals surface area contributed by atoms with E-state index >= 15 is 0 Å². The number of benzene rings is 1. The molecule has 0 aromatic heterocycles. The number of anilines is 1. The lowest BCUT2D eigenvalue weighted by Gasteiger charge is -2.29. The van der Waals surface area contributed by atoms with Gasteiger partial charge in [0, 0.05) is 26.2 Å². The molecule has 1 aromatic carbocycles. The molecule has 0 spiro atoms. The van der Waals surface area contributed by atoms with Gasteiger partial charge in [0.25, 0.3) is 0 Å². The van der Waals surface area contributed by atoms with Crippen LogP contribution < -0.4 is 10.2 Å². The summed E-state index contributed by atoms with van der Waals surface area (Å²) < 4.78 is 0. The zero-order chi connectivity index (χ0) is 9.80. The Balaban J connectivity index is 2.24. The van der Waals surface area contributed by atoms with Crippen molar-refractivity contribution in [3.63, 3.8) is 0 Å². The van der Waals surface area contributed by atoms with Crippen molar-refractivity contribution in [2.75, 3.05) is 31.1 Å². The quantitative estimate of drug-likeness (QED) is 0.698. The van der Waals surface area contributed by atoms with E-state index in [1.807, 2.05) is 24.3 Å². The number of hydrogen-bond donors (Lipinski definition) is 2. The Morgan fingerprint density at radius 2 is 1.93 bits per heavy atom.